The fourth-order valence-electron chi connectivity index (χ4n) is 3.24. The van der Waals surface area contributed by atoms with Crippen LogP contribution in [0.3, 0.4) is 0 Å². The number of alkyl halides is 3. The Hall–Kier alpha value is -1.57. The highest BCUT2D eigenvalue weighted by Crippen LogP contribution is 2.31. The van der Waals surface area contributed by atoms with Crippen molar-refractivity contribution in [2.24, 2.45) is 0 Å². The number of hydrogen-bond acceptors (Lipinski definition) is 3. The fraction of sp³-hybridized carbons (Fsp3) is 0.667. The van der Waals surface area contributed by atoms with E-state index >= 15 is 0 Å². The minimum Gasteiger partial charge on any atom is -0.351 e. The van der Waals surface area contributed by atoms with Crippen LogP contribution in [0.4, 0.5) is 13.2 Å². The predicted octanol–water partition coefficient (Wildman–Crippen LogP) is 4.43. The van der Waals surface area contributed by atoms with Crippen molar-refractivity contribution in [3.63, 3.8) is 0 Å². The summed E-state index contributed by atoms with van der Waals surface area (Å²) in [6, 6.07) is 2.01. The zero-order valence-corrected chi connectivity index (χ0v) is 15.7. The molecule has 26 heavy (non-hydrogen) atoms. The monoisotopic (exact) mass is 390 g/mol. The van der Waals surface area contributed by atoms with Gasteiger partial charge in [-0.05, 0) is 30.7 Å². The highest BCUT2D eigenvalue weighted by Gasteiger charge is 2.46. The van der Waals surface area contributed by atoms with Crippen molar-refractivity contribution in [2.45, 2.75) is 70.1 Å². The second kappa shape index (κ2) is 9.39. The molecule has 0 saturated heterocycles. The molecular formula is C18H25F3N2O2S. The second-order valence-corrected chi connectivity index (χ2v) is 7.59. The van der Waals surface area contributed by atoms with Gasteiger partial charge in [-0.15, -0.1) is 11.3 Å². The van der Waals surface area contributed by atoms with Gasteiger partial charge < -0.3 is 10.2 Å². The maximum Gasteiger partial charge on any atom is 0.471 e. The first kappa shape index (κ1) is 20.7. The van der Waals surface area contributed by atoms with Crippen LogP contribution in [0.5, 0.6) is 0 Å². The van der Waals surface area contributed by atoms with Gasteiger partial charge in [0.25, 0.3) is 0 Å². The Morgan fingerprint density at radius 1 is 1.31 bits per heavy atom. The molecule has 4 nitrogen and oxygen atoms in total. The first-order chi connectivity index (χ1) is 12.3. The average Bonchev–Trinajstić information content (AvgIpc) is 3.11. The minimum atomic E-state index is -5.01. The summed E-state index contributed by atoms with van der Waals surface area (Å²) in [5.74, 6) is -2.48. The molecule has 0 aromatic carbocycles. The molecule has 0 radical (unpaired) electrons. The van der Waals surface area contributed by atoms with Gasteiger partial charge >= 0.3 is 12.1 Å². The van der Waals surface area contributed by atoms with Gasteiger partial charge in [0, 0.05) is 17.5 Å². The molecule has 2 amide bonds. The molecule has 1 aliphatic carbocycles. The van der Waals surface area contributed by atoms with Crippen LogP contribution in [0.2, 0.25) is 0 Å². The van der Waals surface area contributed by atoms with E-state index in [1.807, 2.05) is 6.92 Å². The Labute approximate surface area is 155 Å². The number of hydrogen-bond donors (Lipinski definition) is 1. The van der Waals surface area contributed by atoms with Gasteiger partial charge in [-0.25, -0.2) is 0 Å². The quantitative estimate of drug-likeness (QED) is 0.749. The molecule has 0 spiro atoms. The van der Waals surface area contributed by atoms with Gasteiger partial charge in [0.15, 0.2) is 0 Å². The van der Waals surface area contributed by atoms with Crippen LogP contribution in [0, 0.1) is 0 Å². The molecule has 1 heterocycles. The molecule has 8 heteroatoms. The van der Waals surface area contributed by atoms with Crippen molar-refractivity contribution in [2.75, 3.05) is 6.54 Å². The molecule has 1 aromatic rings. The molecule has 1 atom stereocenters. The van der Waals surface area contributed by atoms with Gasteiger partial charge in [0.05, 0.1) is 0 Å². The minimum absolute atomic E-state index is 0.0345. The van der Waals surface area contributed by atoms with E-state index in [9.17, 15) is 22.8 Å². The van der Waals surface area contributed by atoms with Crippen molar-refractivity contribution in [3.05, 3.63) is 22.4 Å². The Kier molecular flexibility index (Phi) is 7.49. The van der Waals surface area contributed by atoms with E-state index < -0.39 is 24.0 Å². The van der Waals surface area contributed by atoms with Crippen LogP contribution < -0.4 is 5.32 Å². The Balaban J connectivity index is 2.27. The van der Waals surface area contributed by atoms with Crippen molar-refractivity contribution >= 4 is 23.2 Å². The summed E-state index contributed by atoms with van der Waals surface area (Å²) < 4.78 is 39.4. The van der Waals surface area contributed by atoms with Crippen molar-refractivity contribution in [3.8, 4) is 0 Å². The van der Waals surface area contributed by atoms with Gasteiger partial charge in [-0.2, -0.15) is 13.2 Å². The summed E-state index contributed by atoms with van der Waals surface area (Å²) in [6.07, 6.45) is 0.773. The second-order valence-electron chi connectivity index (χ2n) is 6.61. The topological polar surface area (TPSA) is 49.4 Å². The van der Waals surface area contributed by atoms with Crippen LogP contribution in [0.25, 0.3) is 0 Å². The maximum atomic E-state index is 13.1. The van der Waals surface area contributed by atoms with Gasteiger partial charge in [0.1, 0.15) is 6.04 Å². The fourth-order valence-corrected chi connectivity index (χ4v) is 4.07. The van der Waals surface area contributed by atoms with Crippen LogP contribution >= 0.6 is 11.3 Å². The number of rotatable bonds is 7. The smallest absolute Gasteiger partial charge is 0.351 e. The van der Waals surface area contributed by atoms with E-state index in [0.717, 1.165) is 32.1 Å². The number of thiophene rings is 1. The molecule has 1 saturated carbocycles. The number of amides is 2. The third kappa shape index (κ3) is 5.46. The maximum absolute atomic E-state index is 13.1. The van der Waals surface area contributed by atoms with Gasteiger partial charge in [-0.1, -0.05) is 38.7 Å². The van der Waals surface area contributed by atoms with E-state index in [-0.39, 0.29) is 12.6 Å². The first-order valence-electron chi connectivity index (χ1n) is 9.06. The number of nitrogens with zero attached hydrogens (tertiary/aromatic N) is 1. The molecule has 0 bridgehead atoms. The molecule has 1 aromatic heterocycles. The summed E-state index contributed by atoms with van der Waals surface area (Å²) in [6.45, 7) is 1.73. The lowest BCUT2D eigenvalue weighted by Gasteiger charge is -2.33. The average molecular weight is 390 g/mol. The van der Waals surface area contributed by atoms with Crippen LogP contribution in [-0.4, -0.2) is 35.5 Å². The molecule has 146 valence electrons. The molecule has 0 unspecified atom stereocenters. The zero-order valence-electron chi connectivity index (χ0n) is 14.8. The van der Waals surface area contributed by atoms with Crippen LogP contribution in [0.15, 0.2) is 17.5 Å². The number of unbranched alkanes of at least 4 members (excludes halogenated alkanes) is 1. The normalized spacial score (nSPS) is 16.9. The standard InChI is InChI=1S/C18H25F3N2O2S/c1-2-3-11-23(17(25)18(19,20)21)15(14-10-7-12-26-14)16(24)22-13-8-5-4-6-9-13/h7,10,12-13,15H,2-6,8-9,11H2,1H3,(H,22,24)/t15-/m0/s1. The summed E-state index contributed by atoms with van der Waals surface area (Å²) in [7, 11) is 0. The summed E-state index contributed by atoms with van der Waals surface area (Å²) in [5.41, 5.74) is 0. The van der Waals surface area contributed by atoms with Crippen molar-refractivity contribution < 1.29 is 22.8 Å². The summed E-state index contributed by atoms with van der Waals surface area (Å²) in [5, 5.41) is 4.58. The van der Waals surface area contributed by atoms with E-state index in [1.165, 1.54) is 11.3 Å². The van der Waals surface area contributed by atoms with Crippen LogP contribution in [-0.2, 0) is 9.59 Å². The zero-order chi connectivity index (χ0) is 19.2. The molecular weight excluding hydrogens is 365 g/mol. The number of carbonyl (C=O) groups excluding carboxylic acids is 2. The van der Waals surface area contributed by atoms with Gasteiger partial charge in [-0.3, -0.25) is 9.59 Å². The van der Waals surface area contributed by atoms with E-state index in [2.05, 4.69) is 5.32 Å². The summed E-state index contributed by atoms with van der Waals surface area (Å²) >= 11 is 1.19. The van der Waals surface area contributed by atoms with E-state index in [0.29, 0.717) is 22.6 Å². The molecule has 2 rings (SSSR count). The summed E-state index contributed by atoms with van der Waals surface area (Å²) in [4.78, 5) is 26.0. The number of halogens is 3. The predicted molar refractivity (Wildman–Crippen MR) is 94.8 cm³/mol. The Morgan fingerprint density at radius 3 is 2.54 bits per heavy atom. The molecule has 1 N–H and O–H groups in total. The lowest BCUT2D eigenvalue weighted by atomic mass is 9.95. The number of carbonyl (C=O) groups is 2. The Bertz CT molecular complexity index is 584. The van der Waals surface area contributed by atoms with Crippen molar-refractivity contribution in [1.29, 1.82) is 0 Å². The largest absolute Gasteiger partial charge is 0.471 e. The highest BCUT2D eigenvalue weighted by molar-refractivity contribution is 7.10. The molecule has 1 aliphatic rings. The van der Waals surface area contributed by atoms with E-state index in [1.54, 1.807) is 17.5 Å². The lowest BCUT2D eigenvalue weighted by Crippen LogP contribution is -2.50. The molecule has 1 fully saturated rings. The lowest BCUT2D eigenvalue weighted by molar-refractivity contribution is -0.188. The SMILES string of the molecule is CCCCN(C(=O)C(F)(F)F)[C@H](C(=O)NC1CCCCC1)c1cccs1. The van der Waals surface area contributed by atoms with Crippen molar-refractivity contribution in [1.82, 2.24) is 10.2 Å². The number of nitrogens with one attached hydrogen (secondary N) is 1. The highest BCUT2D eigenvalue weighted by atomic mass is 32.1. The Morgan fingerprint density at radius 2 is 2.00 bits per heavy atom. The first-order valence-corrected chi connectivity index (χ1v) is 9.94. The molecule has 0 aliphatic heterocycles. The third-order valence-corrected chi connectivity index (χ3v) is 5.50. The van der Waals surface area contributed by atoms with Crippen LogP contribution in [0.1, 0.15) is 62.8 Å². The third-order valence-electron chi connectivity index (χ3n) is 4.58. The van der Waals surface area contributed by atoms with E-state index in [4.69, 9.17) is 0 Å². The van der Waals surface area contributed by atoms with Gasteiger partial charge in [0.2, 0.25) is 5.91 Å².